The molecular weight excluding hydrogens is 192 g/mol. The van der Waals surface area contributed by atoms with Crippen LogP contribution < -0.4 is 0 Å². The first kappa shape index (κ1) is 11.9. The fourth-order valence-electron chi connectivity index (χ4n) is 1.72. The van der Waals surface area contributed by atoms with Crippen molar-refractivity contribution in [2.45, 2.75) is 32.9 Å². The lowest BCUT2D eigenvalue weighted by Gasteiger charge is -2.44. The summed E-state index contributed by atoms with van der Waals surface area (Å²) in [6.07, 6.45) is 6.33. The molecule has 0 radical (unpaired) electrons. The van der Waals surface area contributed by atoms with Crippen molar-refractivity contribution in [1.82, 2.24) is 0 Å². The molecule has 0 aromatic rings. The van der Waals surface area contributed by atoms with Crippen LogP contribution in [0, 0.1) is 0 Å². The molecule has 0 fully saturated rings. The van der Waals surface area contributed by atoms with Crippen LogP contribution in [0.3, 0.4) is 0 Å². The molecule has 1 aliphatic rings. The van der Waals surface area contributed by atoms with Crippen molar-refractivity contribution >= 4 is 12.2 Å². The van der Waals surface area contributed by atoms with Crippen molar-refractivity contribution in [3.05, 3.63) is 12.4 Å². The molecule has 0 aromatic carbocycles. The predicted molar refractivity (Wildman–Crippen MR) is 59.1 cm³/mol. The van der Waals surface area contributed by atoms with Gasteiger partial charge in [0.15, 0.2) is 0 Å². The Labute approximate surface area is 90.8 Å². The molecule has 1 heterocycles. The second kappa shape index (κ2) is 4.14. The fraction of sp³-hybridized carbons (Fsp3) is 0.636. The van der Waals surface area contributed by atoms with Crippen molar-refractivity contribution in [2.24, 2.45) is 4.99 Å². The van der Waals surface area contributed by atoms with E-state index >= 15 is 0 Å². The number of aliphatic imine (C=N–C) groups is 1. The average Bonchev–Trinajstić information content (AvgIpc) is 2.17. The van der Waals surface area contributed by atoms with Crippen LogP contribution in [0.4, 0.5) is 0 Å². The van der Waals surface area contributed by atoms with E-state index in [1.54, 1.807) is 6.20 Å². The molecule has 1 rings (SSSR count). The zero-order valence-corrected chi connectivity index (χ0v) is 9.86. The zero-order valence-electron chi connectivity index (χ0n) is 9.86. The molecule has 0 spiro atoms. The standard InChI is InChI=1S/C11H19N2O2/c1-5-11(3,15-10(2)14)13(4)8-6-12-7-9-13/h6-8H,5,9H2,1-4H3/q+1. The quantitative estimate of drug-likeness (QED) is 0.526. The number of quaternary nitrogens is 1. The summed E-state index contributed by atoms with van der Waals surface area (Å²) in [6.45, 7) is 6.17. The number of hydrogen-bond acceptors (Lipinski definition) is 3. The van der Waals surface area contributed by atoms with Gasteiger partial charge < -0.3 is 4.74 Å². The van der Waals surface area contributed by atoms with Crippen molar-refractivity contribution in [3.63, 3.8) is 0 Å². The normalized spacial score (nSPS) is 28.5. The molecule has 15 heavy (non-hydrogen) atoms. The van der Waals surface area contributed by atoms with E-state index in [9.17, 15) is 4.79 Å². The molecule has 0 saturated carbocycles. The van der Waals surface area contributed by atoms with Gasteiger partial charge in [0.25, 0.3) is 0 Å². The highest BCUT2D eigenvalue weighted by Crippen LogP contribution is 2.29. The topological polar surface area (TPSA) is 38.7 Å². The Morgan fingerprint density at radius 2 is 2.33 bits per heavy atom. The number of hydrogen-bond donors (Lipinski definition) is 0. The Morgan fingerprint density at radius 1 is 1.67 bits per heavy atom. The Bertz CT molecular complexity index is 312. The van der Waals surface area contributed by atoms with Crippen molar-refractivity contribution in [2.75, 3.05) is 13.6 Å². The average molecular weight is 211 g/mol. The molecule has 0 saturated heterocycles. The van der Waals surface area contributed by atoms with Crippen LogP contribution in [0.15, 0.2) is 17.4 Å². The van der Waals surface area contributed by atoms with Crippen LogP contribution in [0.5, 0.6) is 0 Å². The van der Waals surface area contributed by atoms with Crippen molar-refractivity contribution < 1.29 is 14.0 Å². The minimum Gasteiger partial charge on any atom is -0.410 e. The summed E-state index contributed by atoms with van der Waals surface area (Å²) >= 11 is 0. The Morgan fingerprint density at radius 3 is 2.73 bits per heavy atom. The van der Waals surface area contributed by atoms with Gasteiger partial charge in [0, 0.05) is 20.3 Å². The van der Waals surface area contributed by atoms with Crippen molar-refractivity contribution in [1.29, 1.82) is 0 Å². The van der Waals surface area contributed by atoms with E-state index in [1.165, 1.54) is 6.92 Å². The minimum atomic E-state index is -0.519. The van der Waals surface area contributed by atoms with Gasteiger partial charge in [-0.15, -0.1) is 0 Å². The molecule has 1 aliphatic heterocycles. The lowest BCUT2D eigenvalue weighted by molar-refractivity contribution is -0.928. The summed E-state index contributed by atoms with van der Waals surface area (Å²) < 4.78 is 6.00. The van der Waals surface area contributed by atoms with Crippen LogP contribution in [-0.4, -0.2) is 36.0 Å². The maximum absolute atomic E-state index is 11.1. The van der Waals surface area contributed by atoms with Gasteiger partial charge in [0.2, 0.25) is 5.72 Å². The van der Waals surface area contributed by atoms with Gasteiger partial charge in [-0.05, 0) is 0 Å². The molecule has 0 amide bonds. The molecule has 4 nitrogen and oxygen atoms in total. The number of nitrogens with zero attached hydrogens (tertiary/aromatic N) is 2. The first-order valence-corrected chi connectivity index (χ1v) is 5.18. The van der Waals surface area contributed by atoms with Crippen LogP contribution in [0.1, 0.15) is 27.2 Å². The minimum absolute atomic E-state index is 0.241. The third kappa shape index (κ3) is 2.26. The fourth-order valence-corrected chi connectivity index (χ4v) is 1.72. The maximum Gasteiger partial charge on any atom is 0.307 e. The summed E-state index contributed by atoms with van der Waals surface area (Å²) in [4.78, 5) is 15.2. The van der Waals surface area contributed by atoms with E-state index < -0.39 is 5.72 Å². The second-order valence-electron chi connectivity index (χ2n) is 4.20. The third-order valence-corrected chi connectivity index (χ3v) is 3.15. The Balaban J connectivity index is 2.94. The number of rotatable bonds is 3. The van der Waals surface area contributed by atoms with E-state index in [-0.39, 0.29) is 5.97 Å². The van der Waals surface area contributed by atoms with Crippen molar-refractivity contribution in [3.8, 4) is 0 Å². The van der Waals surface area contributed by atoms with Gasteiger partial charge in [0.1, 0.15) is 12.7 Å². The maximum atomic E-state index is 11.1. The van der Waals surface area contributed by atoms with E-state index in [1.807, 2.05) is 33.3 Å². The van der Waals surface area contributed by atoms with E-state index in [0.717, 1.165) is 13.0 Å². The SMILES string of the molecule is CCC(C)(OC(C)=O)[N+]1(C)C=CN=CC1. The molecular formula is C11H19N2O2+. The Hall–Kier alpha value is -1.16. The third-order valence-electron chi connectivity index (χ3n) is 3.15. The van der Waals surface area contributed by atoms with Crippen LogP contribution in [0.2, 0.25) is 0 Å². The Kier molecular flexibility index (Phi) is 3.29. The lowest BCUT2D eigenvalue weighted by Crippen LogP contribution is -2.60. The van der Waals surface area contributed by atoms with Gasteiger partial charge in [-0.2, -0.15) is 0 Å². The molecule has 0 N–H and O–H groups in total. The van der Waals surface area contributed by atoms with E-state index in [0.29, 0.717) is 4.48 Å². The number of carbonyl (C=O) groups excluding carboxylic acids is 1. The number of ether oxygens (including phenoxy) is 1. The number of carbonyl (C=O) groups is 1. The number of esters is 1. The van der Waals surface area contributed by atoms with Crippen LogP contribution in [0.25, 0.3) is 0 Å². The second-order valence-corrected chi connectivity index (χ2v) is 4.20. The highest BCUT2D eigenvalue weighted by molar-refractivity contribution is 5.66. The smallest absolute Gasteiger partial charge is 0.307 e. The monoisotopic (exact) mass is 211 g/mol. The van der Waals surface area contributed by atoms with Gasteiger partial charge in [0.05, 0.1) is 19.5 Å². The predicted octanol–water partition coefficient (Wildman–Crippen LogP) is 1.68. The lowest BCUT2D eigenvalue weighted by atomic mass is 10.1. The zero-order chi connectivity index (χ0) is 11.5. The van der Waals surface area contributed by atoms with Crippen LogP contribution in [-0.2, 0) is 9.53 Å². The van der Waals surface area contributed by atoms with E-state index in [4.69, 9.17) is 4.74 Å². The van der Waals surface area contributed by atoms with Gasteiger partial charge >= 0.3 is 5.97 Å². The summed E-state index contributed by atoms with van der Waals surface area (Å²) in [5.74, 6) is -0.241. The highest BCUT2D eigenvalue weighted by atomic mass is 16.6. The molecule has 0 bridgehead atoms. The molecule has 2 atom stereocenters. The van der Waals surface area contributed by atoms with Gasteiger partial charge in [-0.3, -0.25) is 14.3 Å². The molecule has 0 aliphatic carbocycles. The van der Waals surface area contributed by atoms with Gasteiger partial charge in [-0.25, -0.2) is 0 Å². The highest BCUT2D eigenvalue weighted by Gasteiger charge is 2.44. The summed E-state index contributed by atoms with van der Waals surface area (Å²) in [7, 11) is 2.04. The summed E-state index contributed by atoms with van der Waals surface area (Å²) in [5, 5.41) is 0. The summed E-state index contributed by atoms with van der Waals surface area (Å²) in [6, 6.07) is 0. The van der Waals surface area contributed by atoms with Crippen LogP contribution >= 0.6 is 0 Å². The molecule has 2 unspecified atom stereocenters. The first-order chi connectivity index (χ1) is 6.93. The summed E-state index contributed by atoms with van der Waals surface area (Å²) in [5.41, 5.74) is -0.519. The van der Waals surface area contributed by atoms with Gasteiger partial charge in [-0.1, -0.05) is 6.92 Å². The molecule has 4 heteroatoms. The van der Waals surface area contributed by atoms with E-state index in [2.05, 4.69) is 4.99 Å². The molecule has 84 valence electrons. The first-order valence-electron chi connectivity index (χ1n) is 5.18. The molecule has 0 aromatic heterocycles. The largest absolute Gasteiger partial charge is 0.410 e.